The molecule has 0 spiro atoms. The van der Waals surface area contributed by atoms with Crippen molar-refractivity contribution in [2.24, 2.45) is 0 Å². The van der Waals surface area contributed by atoms with Gasteiger partial charge in [0.25, 0.3) is 0 Å². The predicted molar refractivity (Wildman–Crippen MR) is 311 cm³/mol. The lowest BCUT2D eigenvalue weighted by molar-refractivity contribution is 0.483. The minimum Gasteiger partial charge on any atom is -0.457 e. The van der Waals surface area contributed by atoms with Crippen LogP contribution in [0.1, 0.15) is 58.2 Å². The van der Waals surface area contributed by atoms with E-state index in [9.17, 15) is 0 Å². The third-order valence-electron chi connectivity index (χ3n) is 14.8. The number of hydrogen-bond donors (Lipinski definition) is 0. The quantitative estimate of drug-likeness (QED) is 0.144. The third kappa shape index (κ3) is 8.48. The topological polar surface area (TPSA) is 33.5 Å². The Labute approximate surface area is 435 Å². The number of aromatic nitrogens is 2. The molecular formula is C69H60N4O. The maximum Gasteiger partial charge on any atom is 0.137 e. The molecule has 5 nitrogen and oxygen atoms in total. The third-order valence-corrected chi connectivity index (χ3v) is 14.8. The van der Waals surface area contributed by atoms with E-state index in [1.807, 2.05) is 6.20 Å². The molecule has 1 aliphatic rings. The molecule has 0 fully saturated rings. The number of fused-ring (bicyclic) bond motifs is 4. The number of anilines is 4. The van der Waals surface area contributed by atoms with Crippen LogP contribution in [0.5, 0.6) is 11.5 Å². The first-order valence-corrected chi connectivity index (χ1v) is 25.8. The standard InChI is InChI=1S/C69H60N4O/c1-46-40-65(70-44-60(46)48-22-12-9-13-23-48)73-61-29-15-14-26-58(61)66-59(50-34-38-52(39-35-50)69(5,6)7)42-55(43-64(66)73)74-54-25-18-24-53(41-54)71-45-72(63-31-17-16-30-62(63)71)67-56(47-20-10-8-11-21-47)27-19-28-57(67)49-32-36-51(37-33-49)68(2,3)4/h8-44H,45H2,1-7H3. The molecule has 2 aromatic heterocycles. The van der Waals surface area contributed by atoms with Gasteiger partial charge in [-0.2, -0.15) is 0 Å². The maximum atomic E-state index is 7.13. The van der Waals surface area contributed by atoms with E-state index in [4.69, 9.17) is 9.72 Å². The molecule has 9 aromatic carbocycles. The highest BCUT2D eigenvalue weighted by atomic mass is 16.5. The summed E-state index contributed by atoms with van der Waals surface area (Å²) in [5.41, 5.74) is 19.7. The highest BCUT2D eigenvalue weighted by Crippen LogP contribution is 2.51. The van der Waals surface area contributed by atoms with Crippen molar-refractivity contribution in [2.75, 3.05) is 16.5 Å². The zero-order valence-electron chi connectivity index (χ0n) is 43.3. The van der Waals surface area contributed by atoms with E-state index in [1.54, 1.807) is 0 Å². The molecule has 11 aromatic rings. The second kappa shape index (κ2) is 18.4. The molecular weight excluding hydrogens is 901 g/mol. The Balaban J connectivity index is 0.968. The molecule has 0 radical (unpaired) electrons. The lowest BCUT2D eigenvalue weighted by Crippen LogP contribution is -2.25. The fourth-order valence-electron chi connectivity index (χ4n) is 10.9. The number of pyridine rings is 1. The van der Waals surface area contributed by atoms with E-state index >= 15 is 0 Å². The minimum atomic E-state index is 0.0219. The van der Waals surface area contributed by atoms with Crippen molar-refractivity contribution in [2.45, 2.75) is 59.3 Å². The van der Waals surface area contributed by atoms with Crippen molar-refractivity contribution in [1.29, 1.82) is 0 Å². The smallest absolute Gasteiger partial charge is 0.137 e. The van der Waals surface area contributed by atoms with Gasteiger partial charge in [0.1, 0.15) is 24.0 Å². The number of para-hydroxylation sites is 4. The highest BCUT2D eigenvalue weighted by molar-refractivity contribution is 6.16. The zero-order valence-corrected chi connectivity index (χ0v) is 43.3. The van der Waals surface area contributed by atoms with Gasteiger partial charge in [-0.15, -0.1) is 0 Å². The summed E-state index contributed by atoms with van der Waals surface area (Å²) < 4.78 is 9.43. The van der Waals surface area contributed by atoms with Crippen LogP contribution in [0.2, 0.25) is 0 Å². The van der Waals surface area contributed by atoms with Crippen LogP contribution in [-0.2, 0) is 10.8 Å². The summed E-state index contributed by atoms with van der Waals surface area (Å²) in [5.74, 6) is 2.35. The molecule has 0 saturated heterocycles. The Kier molecular flexibility index (Phi) is 11.6. The molecule has 0 unspecified atom stereocenters. The molecule has 0 N–H and O–H groups in total. The number of hydrogen-bond acceptors (Lipinski definition) is 4. The lowest BCUT2D eigenvalue weighted by Gasteiger charge is -2.27. The Morgan fingerprint density at radius 2 is 0.973 bits per heavy atom. The Bertz CT molecular complexity index is 3860. The summed E-state index contributed by atoms with van der Waals surface area (Å²) in [6.45, 7) is 16.4. The number of benzene rings is 9. The summed E-state index contributed by atoms with van der Waals surface area (Å²) in [6, 6.07) is 78.9. The van der Waals surface area contributed by atoms with Gasteiger partial charge in [0.2, 0.25) is 0 Å². The highest BCUT2D eigenvalue weighted by Gasteiger charge is 2.32. The van der Waals surface area contributed by atoms with E-state index in [2.05, 4.69) is 281 Å². The number of aryl methyl sites for hydroxylation is 1. The van der Waals surface area contributed by atoms with Gasteiger partial charge >= 0.3 is 0 Å². The largest absolute Gasteiger partial charge is 0.457 e. The average molecular weight is 961 g/mol. The molecule has 3 heterocycles. The fourth-order valence-corrected chi connectivity index (χ4v) is 10.9. The van der Waals surface area contributed by atoms with Crippen LogP contribution < -0.4 is 14.5 Å². The molecule has 0 atom stereocenters. The maximum absolute atomic E-state index is 7.13. The molecule has 1 aliphatic heterocycles. The van der Waals surface area contributed by atoms with Crippen molar-refractivity contribution >= 4 is 44.6 Å². The van der Waals surface area contributed by atoms with E-state index in [-0.39, 0.29) is 10.8 Å². The molecule has 0 saturated carbocycles. The number of ether oxygens (including phenoxy) is 1. The van der Waals surface area contributed by atoms with Gasteiger partial charge in [-0.3, -0.25) is 4.57 Å². The molecule has 0 aliphatic carbocycles. The van der Waals surface area contributed by atoms with E-state index in [0.29, 0.717) is 6.67 Å². The van der Waals surface area contributed by atoms with Crippen LogP contribution in [0.3, 0.4) is 0 Å². The summed E-state index contributed by atoms with van der Waals surface area (Å²) in [4.78, 5) is 10.1. The summed E-state index contributed by atoms with van der Waals surface area (Å²) >= 11 is 0. The Hall–Kier alpha value is -8.67. The van der Waals surface area contributed by atoms with E-state index in [0.717, 1.165) is 84.0 Å². The van der Waals surface area contributed by atoms with Crippen LogP contribution in [-0.4, -0.2) is 16.2 Å². The molecule has 74 heavy (non-hydrogen) atoms. The van der Waals surface area contributed by atoms with E-state index < -0.39 is 0 Å². The van der Waals surface area contributed by atoms with Crippen LogP contribution in [0, 0.1) is 6.92 Å². The summed E-state index contributed by atoms with van der Waals surface area (Å²) in [5, 5.41) is 2.32. The van der Waals surface area contributed by atoms with E-state index in [1.165, 1.54) is 39.1 Å². The molecule has 0 amide bonds. The first-order chi connectivity index (χ1) is 35.9. The van der Waals surface area contributed by atoms with Crippen LogP contribution in [0.4, 0.5) is 22.7 Å². The van der Waals surface area contributed by atoms with Crippen molar-refractivity contribution in [3.8, 4) is 61.8 Å². The normalized spacial score (nSPS) is 12.7. The van der Waals surface area contributed by atoms with Gasteiger partial charge < -0.3 is 14.5 Å². The summed E-state index contributed by atoms with van der Waals surface area (Å²) in [7, 11) is 0. The Morgan fingerprint density at radius 3 is 1.59 bits per heavy atom. The fraction of sp³-hybridized carbons (Fsp3) is 0.145. The molecule has 362 valence electrons. The molecule has 0 bridgehead atoms. The average Bonchev–Trinajstić information content (AvgIpc) is 3.98. The van der Waals surface area contributed by atoms with Gasteiger partial charge in [-0.1, -0.05) is 205 Å². The number of rotatable bonds is 9. The first kappa shape index (κ1) is 46.4. The van der Waals surface area contributed by atoms with Gasteiger partial charge in [-0.05, 0) is 105 Å². The van der Waals surface area contributed by atoms with Gasteiger partial charge in [-0.25, -0.2) is 4.98 Å². The lowest BCUT2D eigenvalue weighted by atomic mass is 9.86. The van der Waals surface area contributed by atoms with Gasteiger partial charge in [0, 0.05) is 51.5 Å². The minimum absolute atomic E-state index is 0.0219. The van der Waals surface area contributed by atoms with Crippen LogP contribution in [0.25, 0.3) is 72.1 Å². The van der Waals surface area contributed by atoms with Crippen molar-refractivity contribution in [3.05, 3.63) is 241 Å². The second-order valence-corrected chi connectivity index (χ2v) is 21.7. The van der Waals surface area contributed by atoms with Crippen molar-refractivity contribution in [3.63, 3.8) is 0 Å². The SMILES string of the molecule is Cc1cc(-n2c3ccccc3c3c(-c4ccc(C(C)(C)C)cc4)cc(Oc4cccc(N5CN(c6c(-c7ccccc7)cccc6-c6ccc(C(C)(C)C)cc6)c6ccccc65)c4)cc32)ncc1-c1ccccc1. The molecule has 5 heteroatoms. The van der Waals surface area contributed by atoms with Crippen LogP contribution >= 0.6 is 0 Å². The second-order valence-electron chi connectivity index (χ2n) is 21.7. The zero-order chi connectivity index (χ0) is 50.7. The monoisotopic (exact) mass is 960 g/mol. The van der Waals surface area contributed by atoms with Crippen LogP contribution in [0.15, 0.2) is 225 Å². The molecule has 12 rings (SSSR count). The Morgan fingerprint density at radius 1 is 0.432 bits per heavy atom. The first-order valence-electron chi connectivity index (χ1n) is 25.8. The number of nitrogens with zero attached hydrogens (tertiary/aromatic N) is 4. The van der Waals surface area contributed by atoms with Gasteiger partial charge in [0.15, 0.2) is 0 Å². The summed E-state index contributed by atoms with van der Waals surface area (Å²) in [6.07, 6.45) is 2.02. The predicted octanol–water partition coefficient (Wildman–Crippen LogP) is 18.8. The van der Waals surface area contributed by atoms with Crippen molar-refractivity contribution in [1.82, 2.24) is 9.55 Å². The van der Waals surface area contributed by atoms with Gasteiger partial charge in [0.05, 0.1) is 28.1 Å². The van der Waals surface area contributed by atoms with Crippen molar-refractivity contribution < 1.29 is 4.74 Å².